The van der Waals surface area contributed by atoms with Crippen LogP contribution in [0.3, 0.4) is 0 Å². The molecule has 4 heteroatoms. The van der Waals surface area contributed by atoms with Crippen molar-refractivity contribution in [3.05, 3.63) is 22.8 Å². The third kappa shape index (κ3) is 4.14. The minimum atomic E-state index is 0.429. The van der Waals surface area contributed by atoms with E-state index >= 15 is 0 Å². The van der Waals surface area contributed by atoms with Crippen molar-refractivity contribution in [3.63, 3.8) is 0 Å². The number of hydrogen-bond acceptors (Lipinski definition) is 3. The molecule has 0 bridgehead atoms. The number of halogens is 1. The fraction of sp³-hybridized carbons (Fsp3) is 0.643. The molecule has 0 aliphatic rings. The number of aromatic nitrogens is 1. The van der Waals surface area contributed by atoms with Crippen molar-refractivity contribution in [1.29, 1.82) is 0 Å². The Morgan fingerprint density at radius 1 is 1.33 bits per heavy atom. The van der Waals surface area contributed by atoms with Gasteiger partial charge in [0.05, 0.1) is 10.7 Å². The first-order valence-corrected chi connectivity index (χ1v) is 6.95. The standard InChI is InChI=1S/C14H24ClN3/c1-6-11(4)18(5)14-8-7-12(15)13(17-14)9-16-10(2)3/h7-8,10-11,16H,6,9H2,1-5H3. The Labute approximate surface area is 116 Å². The Morgan fingerprint density at radius 2 is 2.00 bits per heavy atom. The van der Waals surface area contributed by atoms with Crippen molar-refractivity contribution < 1.29 is 0 Å². The van der Waals surface area contributed by atoms with Gasteiger partial charge in [0.25, 0.3) is 0 Å². The van der Waals surface area contributed by atoms with Crippen LogP contribution >= 0.6 is 11.6 Å². The van der Waals surface area contributed by atoms with Gasteiger partial charge >= 0.3 is 0 Å². The van der Waals surface area contributed by atoms with E-state index in [0.717, 1.165) is 23.0 Å². The quantitative estimate of drug-likeness (QED) is 0.857. The Hall–Kier alpha value is -0.800. The highest BCUT2D eigenvalue weighted by molar-refractivity contribution is 6.31. The monoisotopic (exact) mass is 269 g/mol. The molecule has 0 saturated heterocycles. The fourth-order valence-electron chi connectivity index (χ4n) is 1.59. The molecule has 0 spiro atoms. The minimum Gasteiger partial charge on any atom is -0.357 e. The lowest BCUT2D eigenvalue weighted by Gasteiger charge is -2.25. The summed E-state index contributed by atoms with van der Waals surface area (Å²) >= 11 is 6.18. The molecule has 102 valence electrons. The van der Waals surface area contributed by atoms with E-state index in [1.54, 1.807) is 0 Å². The van der Waals surface area contributed by atoms with Crippen molar-refractivity contribution in [2.24, 2.45) is 0 Å². The van der Waals surface area contributed by atoms with Gasteiger partial charge in [-0.1, -0.05) is 32.4 Å². The first kappa shape index (κ1) is 15.3. The van der Waals surface area contributed by atoms with Crippen LogP contribution in [0.4, 0.5) is 5.82 Å². The largest absolute Gasteiger partial charge is 0.357 e. The predicted octanol–water partition coefficient (Wildman–Crippen LogP) is 3.47. The van der Waals surface area contributed by atoms with E-state index in [9.17, 15) is 0 Å². The zero-order valence-electron chi connectivity index (χ0n) is 12.0. The lowest BCUT2D eigenvalue weighted by atomic mass is 10.2. The molecule has 1 atom stereocenters. The summed E-state index contributed by atoms with van der Waals surface area (Å²) in [4.78, 5) is 6.83. The van der Waals surface area contributed by atoms with Gasteiger partial charge in [0.15, 0.2) is 0 Å². The van der Waals surface area contributed by atoms with Gasteiger partial charge < -0.3 is 10.2 Å². The lowest BCUT2D eigenvalue weighted by molar-refractivity contribution is 0.580. The molecule has 0 aliphatic heterocycles. The zero-order valence-corrected chi connectivity index (χ0v) is 12.8. The average molecular weight is 270 g/mol. The maximum atomic E-state index is 6.18. The van der Waals surface area contributed by atoms with E-state index in [1.165, 1.54) is 0 Å². The second kappa shape index (κ2) is 6.95. The van der Waals surface area contributed by atoms with Crippen LogP contribution in [0, 0.1) is 0 Å². The van der Waals surface area contributed by atoms with E-state index in [1.807, 2.05) is 12.1 Å². The second-order valence-corrected chi connectivity index (χ2v) is 5.41. The Kier molecular flexibility index (Phi) is 5.89. The minimum absolute atomic E-state index is 0.429. The van der Waals surface area contributed by atoms with Crippen LogP contribution in [0.1, 0.15) is 39.8 Å². The molecule has 1 heterocycles. The smallest absolute Gasteiger partial charge is 0.128 e. The van der Waals surface area contributed by atoms with Crippen molar-refractivity contribution >= 4 is 17.4 Å². The van der Waals surface area contributed by atoms with E-state index < -0.39 is 0 Å². The number of nitrogens with one attached hydrogen (secondary N) is 1. The maximum absolute atomic E-state index is 6.18. The highest BCUT2D eigenvalue weighted by atomic mass is 35.5. The molecule has 1 aromatic rings. The molecular formula is C14H24ClN3. The number of anilines is 1. The fourth-order valence-corrected chi connectivity index (χ4v) is 1.77. The molecule has 18 heavy (non-hydrogen) atoms. The molecule has 3 nitrogen and oxygen atoms in total. The van der Waals surface area contributed by atoms with Crippen LogP contribution in [0.25, 0.3) is 0 Å². The topological polar surface area (TPSA) is 28.2 Å². The van der Waals surface area contributed by atoms with Crippen LogP contribution in [0.5, 0.6) is 0 Å². The van der Waals surface area contributed by atoms with Gasteiger partial charge in [0.1, 0.15) is 5.82 Å². The Morgan fingerprint density at radius 3 is 2.56 bits per heavy atom. The predicted molar refractivity (Wildman–Crippen MR) is 79.4 cm³/mol. The Bertz CT molecular complexity index is 379. The van der Waals surface area contributed by atoms with Crippen LogP contribution in [0.15, 0.2) is 12.1 Å². The highest BCUT2D eigenvalue weighted by Crippen LogP contribution is 2.20. The molecule has 0 saturated carbocycles. The van der Waals surface area contributed by atoms with Crippen LogP contribution in [-0.4, -0.2) is 24.1 Å². The third-order valence-corrected chi connectivity index (χ3v) is 3.54. The van der Waals surface area contributed by atoms with Crippen molar-refractivity contribution in [2.45, 2.75) is 52.7 Å². The van der Waals surface area contributed by atoms with Crippen LogP contribution in [-0.2, 0) is 6.54 Å². The normalized spacial score (nSPS) is 12.8. The average Bonchev–Trinajstić information content (AvgIpc) is 2.35. The van der Waals surface area contributed by atoms with E-state index in [4.69, 9.17) is 11.6 Å². The highest BCUT2D eigenvalue weighted by Gasteiger charge is 2.11. The van der Waals surface area contributed by atoms with Gasteiger partial charge in [-0.05, 0) is 25.5 Å². The summed E-state index contributed by atoms with van der Waals surface area (Å²) in [6, 6.07) is 4.82. The first-order chi connectivity index (χ1) is 8.45. The number of rotatable bonds is 6. The van der Waals surface area contributed by atoms with E-state index in [-0.39, 0.29) is 0 Å². The van der Waals surface area contributed by atoms with Gasteiger partial charge in [-0.25, -0.2) is 4.98 Å². The molecule has 1 aromatic heterocycles. The van der Waals surface area contributed by atoms with Crippen molar-refractivity contribution in [2.75, 3.05) is 11.9 Å². The van der Waals surface area contributed by atoms with Gasteiger partial charge in [-0.3, -0.25) is 0 Å². The van der Waals surface area contributed by atoms with Gasteiger partial charge in [0.2, 0.25) is 0 Å². The van der Waals surface area contributed by atoms with E-state index in [0.29, 0.717) is 18.6 Å². The molecule has 0 fully saturated rings. The van der Waals surface area contributed by atoms with Gasteiger partial charge in [-0.15, -0.1) is 0 Å². The first-order valence-electron chi connectivity index (χ1n) is 6.57. The second-order valence-electron chi connectivity index (χ2n) is 5.00. The third-order valence-electron chi connectivity index (χ3n) is 3.20. The summed E-state index contributed by atoms with van der Waals surface area (Å²) in [6.07, 6.45) is 1.10. The van der Waals surface area contributed by atoms with Crippen LogP contribution in [0.2, 0.25) is 5.02 Å². The molecule has 0 aliphatic carbocycles. The molecule has 1 N–H and O–H groups in total. The van der Waals surface area contributed by atoms with Crippen molar-refractivity contribution in [1.82, 2.24) is 10.3 Å². The molecule has 1 rings (SSSR count). The maximum Gasteiger partial charge on any atom is 0.128 e. The molecular weight excluding hydrogens is 246 g/mol. The summed E-state index contributed by atoms with van der Waals surface area (Å²) < 4.78 is 0. The van der Waals surface area contributed by atoms with Gasteiger partial charge in [-0.2, -0.15) is 0 Å². The van der Waals surface area contributed by atoms with E-state index in [2.05, 4.69) is 49.9 Å². The molecule has 1 unspecified atom stereocenters. The number of pyridine rings is 1. The summed E-state index contributed by atoms with van der Waals surface area (Å²) in [7, 11) is 2.07. The molecule has 0 amide bonds. The van der Waals surface area contributed by atoms with Crippen molar-refractivity contribution in [3.8, 4) is 0 Å². The molecule has 0 aromatic carbocycles. The SMILES string of the molecule is CCC(C)N(C)c1ccc(Cl)c(CNC(C)C)n1. The van der Waals surface area contributed by atoms with Crippen LogP contribution < -0.4 is 10.2 Å². The Balaban J connectivity index is 2.86. The summed E-state index contributed by atoms with van der Waals surface area (Å²) in [5.74, 6) is 0.981. The van der Waals surface area contributed by atoms with Gasteiger partial charge in [0, 0.05) is 25.7 Å². The summed E-state index contributed by atoms with van der Waals surface area (Å²) in [5.41, 5.74) is 0.915. The summed E-state index contributed by atoms with van der Waals surface area (Å²) in [5, 5.41) is 4.07. The lowest BCUT2D eigenvalue weighted by Crippen LogP contribution is -2.29. The number of nitrogens with zero attached hydrogens (tertiary/aromatic N) is 2. The zero-order chi connectivity index (χ0) is 13.7. The molecule has 0 radical (unpaired) electrons. The summed E-state index contributed by atoms with van der Waals surface area (Å²) in [6.45, 7) is 9.31. The number of hydrogen-bond donors (Lipinski definition) is 1.